The number of carbonyl (C=O) groups excluding carboxylic acids is 1. The summed E-state index contributed by atoms with van der Waals surface area (Å²) in [5, 5.41) is 6.84. The third-order valence-electron chi connectivity index (χ3n) is 3.29. The molecule has 138 valence electrons. The van der Waals surface area contributed by atoms with Crippen LogP contribution in [0, 0.1) is 12.4 Å². The molecule has 1 N–H and O–H groups in total. The third kappa shape index (κ3) is 5.21. The first kappa shape index (κ1) is 19.2. The van der Waals surface area contributed by atoms with Gasteiger partial charge >= 0.3 is 6.09 Å². The van der Waals surface area contributed by atoms with Gasteiger partial charge in [-0.3, -0.25) is 4.68 Å². The van der Waals surface area contributed by atoms with Gasteiger partial charge in [0.2, 0.25) is 0 Å². The number of amides is 1. The number of hydrogen-bond acceptors (Lipinski definition) is 4. The van der Waals surface area contributed by atoms with Gasteiger partial charge in [-0.15, -0.1) is 0 Å². The lowest BCUT2D eigenvalue weighted by Crippen LogP contribution is -2.32. The van der Waals surface area contributed by atoms with E-state index >= 15 is 0 Å². The summed E-state index contributed by atoms with van der Waals surface area (Å²) in [6.45, 7) is 12.9. The molecular formula is C18H21FN4O3. The molecule has 0 fully saturated rings. The smallest absolute Gasteiger partial charge is 0.407 e. The standard InChI is InChI=1S/C18H21FN4O3/c1-18(2,3)26-17(24)21-8-13-9-22-23(11-13)10-12-6-14(19)16(20-4)15(7-12)25-5/h6-7,9,11H,8,10H2,1-3,5H3,(H,21,24). The molecule has 0 bridgehead atoms. The van der Waals surface area contributed by atoms with Gasteiger partial charge < -0.3 is 14.8 Å². The highest BCUT2D eigenvalue weighted by Crippen LogP contribution is 2.32. The molecule has 26 heavy (non-hydrogen) atoms. The number of nitrogens with zero attached hydrogens (tertiary/aromatic N) is 3. The Labute approximate surface area is 151 Å². The molecule has 0 aliphatic heterocycles. The van der Waals surface area contributed by atoms with Crippen LogP contribution in [0.5, 0.6) is 5.75 Å². The van der Waals surface area contributed by atoms with E-state index in [0.717, 1.165) is 5.56 Å². The summed E-state index contributed by atoms with van der Waals surface area (Å²) in [7, 11) is 1.39. The second-order valence-electron chi connectivity index (χ2n) is 6.64. The number of alkyl carbamates (subject to hydrolysis) is 1. The molecule has 0 saturated carbocycles. The Morgan fingerprint density at radius 1 is 1.38 bits per heavy atom. The van der Waals surface area contributed by atoms with Crippen LogP contribution in [0.15, 0.2) is 24.5 Å². The Kier molecular flexibility index (Phi) is 5.82. The topological polar surface area (TPSA) is 69.7 Å². The van der Waals surface area contributed by atoms with Gasteiger partial charge in [0.25, 0.3) is 5.69 Å². The van der Waals surface area contributed by atoms with Crippen molar-refractivity contribution in [2.24, 2.45) is 0 Å². The molecule has 1 heterocycles. The van der Waals surface area contributed by atoms with Crippen LogP contribution in [0.2, 0.25) is 0 Å². The number of halogens is 1. The molecule has 8 heteroatoms. The molecule has 0 unspecified atom stereocenters. The van der Waals surface area contributed by atoms with Crippen LogP contribution in [-0.2, 0) is 17.8 Å². The molecule has 0 aliphatic rings. The lowest BCUT2D eigenvalue weighted by Gasteiger charge is -2.19. The minimum absolute atomic E-state index is 0.140. The molecule has 2 rings (SSSR count). The molecule has 1 amide bonds. The van der Waals surface area contributed by atoms with Crippen molar-refractivity contribution in [3.8, 4) is 5.75 Å². The van der Waals surface area contributed by atoms with E-state index in [0.29, 0.717) is 12.1 Å². The number of methoxy groups -OCH3 is 1. The predicted octanol–water partition coefficient (Wildman–Crippen LogP) is 3.65. The zero-order chi connectivity index (χ0) is 19.3. The Balaban J connectivity index is 2.02. The zero-order valence-electron chi connectivity index (χ0n) is 15.2. The fraction of sp³-hybridized carbons (Fsp3) is 0.389. The molecule has 0 atom stereocenters. The fourth-order valence-corrected chi connectivity index (χ4v) is 2.24. The number of carbonyl (C=O) groups is 1. The van der Waals surface area contributed by atoms with Gasteiger partial charge in [-0.1, -0.05) is 0 Å². The molecular weight excluding hydrogens is 339 g/mol. The second kappa shape index (κ2) is 7.87. The highest BCUT2D eigenvalue weighted by molar-refractivity contribution is 5.67. The summed E-state index contributed by atoms with van der Waals surface area (Å²) in [5.74, 6) is -0.442. The van der Waals surface area contributed by atoms with Gasteiger partial charge in [0.15, 0.2) is 0 Å². The SMILES string of the molecule is [C-]#[N+]c1c(F)cc(Cn2cc(CNC(=O)OC(C)(C)C)cn2)cc1OC. The summed E-state index contributed by atoms with van der Waals surface area (Å²) in [5.41, 5.74) is 0.691. The largest absolute Gasteiger partial charge is 0.508 e. The summed E-state index contributed by atoms with van der Waals surface area (Å²) in [6.07, 6.45) is 2.84. The van der Waals surface area contributed by atoms with Crippen molar-refractivity contribution in [2.45, 2.75) is 39.5 Å². The van der Waals surface area contributed by atoms with Crippen molar-refractivity contribution in [3.05, 3.63) is 52.9 Å². The van der Waals surface area contributed by atoms with Gasteiger partial charge in [-0.2, -0.15) is 5.10 Å². The van der Waals surface area contributed by atoms with Crippen molar-refractivity contribution in [3.63, 3.8) is 0 Å². The van der Waals surface area contributed by atoms with Crippen LogP contribution < -0.4 is 10.1 Å². The minimum Gasteiger partial charge on any atom is -0.508 e. The lowest BCUT2D eigenvalue weighted by atomic mass is 10.2. The van der Waals surface area contributed by atoms with Gasteiger partial charge in [0, 0.05) is 18.3 Å². The van der Waals surface area contributed by atoms with Gasteiger partial charge in [0.1, 0.15) is 17.2 Å². The molecule has 0 aliphatic carbocycles. The van der Waals surface area contributed by atoms with Crippen molar-refractivity contribution in [1.29, 1.82) is 0 Å². The van der Waals surface area contributed by atoms with Crippen molar-refractivity contribution >= 4 is 11.8 Å². The van der Waals surface area contributed by atoms with E-state index in [1.54, 1.807) is 43.9 Å². The molecule has 1 aromatic carbocycles. The average Bonchev–Trinajstić information content (AvgIpc) is 2.98. The van der Waals surface area contributed by atoms with Gasteiger partial charge in [0.05, 0.1) is 26.4 Å². The maximum atomic E-state index is 14.0. The van der Waals surface area contributed by atoms with Crippen LogP contribution >= 0.6 is 0 Å². The normalized spacial score (nSPS) is 10.9. The first-order chi connectivity index (χ1) is 12.2. The Hall–Kier alpha value is -3.08. The first-order valence-corrected chi connectivity index (χ1v) is 7.94. The number of nitrogens with one attached hydrogen (secondary N) is 1. The van der Waals surface area contributed by atoms with Gasteiger partial charge in [-0.25, -0.2) is 14.0 Å². The van der Waals surface area contributed by atoms with Crippen LogP contribution in [0.3, 0.4) is 0 Å². The summed E-state index contributed by atoms with van der Waals surface area (Å²) in [6, 6.07) is 2.90. The number of hydrogen-bond donors (Lipinski definition) is 1. The zero-order valence-corrected chi connectivity index (χ0v) is 15.2. The van der Waals surface area contributed by atoms with Gasteiger partial charge in [-0.05, 0) is 38.5 Å². The van der Waals surface area contributed by atoms with Crippen LogP contribution in [-0.4, -0.2) is 28.6 Å². The van der Waals surface area contributed by atoms with E-state index in [4.69, 9.17) is 16.0 Å². The summed E-state index contributed by atoms with van der Waals surface area (Å²) >= 11 is 0. The van der Waals surface area contributed by atoms with E-state index in [1.807, 2.05) is 0 Å². The predicted molar refractivity (Wildman–Crippen MR) is 93.6 cm³/mol. The molecule has 0 radical (unpaired) electrons. The van der Waals surface area contributed by atoms with E-state index in [2.05, 4.69) is 15.3 Å². The number of aromatic nitrogens is 2. The Morgan fingerprint density at radius 3 is 2.73 bits per heavy atom. The van der Waals surface area contributed by atoms with E-state index in [-0.39, 0.29) is 18.0 Å². The Morgan fingerprint density at radius 2 is 2.12 bits per heavy atom. The van der Waals surface area contributed by atoms with Crippen molar-refractivity contribution in [2.75, 3.05) is 7.11 Å². The number of ether oxygens (including phenoxy) is 2. The molecule has 1 aromatic heterocycles. The maximum absolute atomic E-state index is 14.0. The first-order valence-electron chi connectivity index (χ1n) is 7.94. The van der Waals surface area contributed by atoms with Crippen molar-refractivity contribution in [1.82, 2.24) is 15.1 Å². The number of benzene rings is 1. The molecule has 0 spiro atoms. The van der Waals surface area contributed by atoms with E-state index in [1.165, 1.54) is 13.2 Å². The Bertz CT molecular complexity index is 834. The molecule has 2 aromatic rings. The van der Waals surface area contributed by atoms with E-state index < -0.39 is 17.5 Å². The number of rotatable bonds is 5. The van der Waals surface area contributed by atoms with E-state index in [9.17, 15) is 9.18 Å². The van der Waals surface area contributed by atoms with Crippen LogP contribution in [0.25, 0.3) is 4.85 Å². The molecule has 0 saturated heterocycles. The average molecular weight is 360 g/mol. The monoisotopic (exact) mass is 360 g/mol. The summed E-state index contributed by atoms with van der Waals surface area (Å²) < 4.78 is 25.8. The second-order valence-corrected chi connectivity index (χ2v) is 6.64. The highest BCUT2D eigenvalue weighted by atomic mass is 19.1. The maximum Gasteiger partial charge on any atom is 0.407 e. The van der Waals surface area contributed by atoms with Crippen LogP contribution in [0.4, 0.5) is 14.9 Å². The lowest BCUT2D eigenvalue weighted by molar-refractivity contribution is 0.0523. The highest BCUT2D eigenvalue weighted by Gasteiger charge is 2.16. The fourth-order valence-electron chi connectivity index (χ4n) is 2.24. The third-order valence-corrected chi connectivity index (χ3v) is 3.29. The quantitative estimate of drug-likeness (QED) is 0.826. The van der Waals surface area contributed by atoms with Crippen LogP contribution in [0.1, 0.15) is 31.9 Å². The minimum atomic E-state index is -0.631. The molecule has 7 nitrogen and oxygen atoms in total. The summed E-state index contributed by atoms with van der Waals surface area (Å²) in [4.78, 5) is 14.8. The van der Waals surface area contributed by atoms with Crippen molar-refractivity contribution < 1.29 is 18.7 Å².